The number of alkyl halides is 3. The van der Waals surface area contributed by atoms with Gasteiger partial charge in [-0.2, -0.15) is 18.4 Å². The summed E-state index contributed by atoms with van der Waals surface area (Å²) in [6, 6.07) is 3.57. The molecule has 0 radical (unpaired) electrons. The molecule has 1 unspecified atom stereocenters. The lowest BCUT2D eigenvalue weighted by molar-refractivity contribution is -0.173. The van der Waals surface area contributed by atoms with Crippen molar-refractivity contribution in [2.24, 2.45) is 5.92 Å². The summed E-state index contributed by atoms with van der Waals surface area (Å²) in [4.78, 5) is 4.06. The lowest BCUT2D eigenvalue weighted by Crippen LogP contribution is -2.29. The zero-order chi connectivity index (χ0) is 16.8. The molecule has 1 heterocycles. The Morgan fingerprint density at radius 3 is 2.61 bits per heavy atom. The van der Waals surface area contributed by atoms with Crippen molar-refractivity contribution in [2.75, 3.05) is 0 Å². The molecule has 1 saturated carbocycles. The standard InChI is InChI=1S/C16H13F4N3/c1-9-8-22-15(13-5-4-12(17)6-11(13)7-21)23(9)14(10-2-3-10)16(18,19)20/h4-6,8,10,14H,2-3H2,1H3. The number of imidazole rings is 1. The average molecular weight is 323 g/mol. The Kier molecular flexibility index (Phi) is 3.63. The van der Waals surface area contributed by atoms with E-state index in [4.69, 9.17) is 5.26 Å². The topological polar surface area (TPSA) is 41.6 Å². The van der Waals surface area contributed by atoms with Crippen LogP contribution < -0.4 is 0 Å². The summed E-state index contributed by atoms with van der Waals surface area (Å²) in [5.41, 5.74) is 0.535. The molecule has 1 aromatic carbocycles. The molecule has 0 aliphatic heterocycles. The number of nitriles is 1. The average Bonchev–Trinajstić information content (AvgIpc) is 3.23. The second-order valence-corrected chi connectivity index (χ2v) is 5.72. The first-order valence-electron chi connectivity index (χ1n) is 7.13. The highest BCUT2D eigenvalue weighted by molar-refractivity contribution is 5.65. The van der Waals surface area contributed by atoms with Crippen LogP contribution in [0.3, 0.4) is 0 Å². The number of aryl methyl sites for hydroxylation is 1. The molecule has 1 aliphatic carbocycles. The third-order valence-electron chi connectivity index (χ3n) is 4.01. The Labute approximate surface area is 130 Å². The van der Waals surface area contributed by atoms with Gasteiger partial charge in [0.15, 0.2) is 0 Å². The second kappa shape index (κ2) is 5.37. The fourth-order valence-electron chi connectivity index (χ4n) is 2.84. The largest absolute Gasteiger partial charge is 0.409 e. The van der Waals surface area contributed by atoms with Gasteiger partial charge in [0.05, 0.1) is 11.6 Å². The molecular formula is C16H13F4N3. The number of hydrogen-bond acceptors (Lipinski definition) is 2. The minimum absolute atomic E-state index is 0.0337. The molecular weight excluding hydrogens is 310 g/mol. The third kappa shape index (κ3) is 2.81. The predicted octanol–water partition coefficient (Wildman–Crippen LogP) is 4.38. The molecule has 0 N–H and O–H groups in total. The molecule has 0 saturated heterocycles. The molecule has 0 bridgehead atoms. The van der Waals surface area contributed by atoms with E-state index in [1.54, 1.807) is 6.92 Å². The molecule has 0 spiro atoms. The van der Waals surface area contributed by atoms with Gasteiger partial charge in [0, 0.05) is 17.5 Å². The number of halogens is 4. The van der Waals surface area contributed by atoms with Crippen LogP contribution in [-0.4, -0.2) is 15.7 Å². The van der Waals surface area contributed by atoms with E-state index in [1.165, 1.54) is 12.3 Å². The van der Waals surface area contributed by atoms with E-state index in [2.05, 4.69) is 4.98 Å². The molecule has 3 rings (SSSR count). The van der Waals surface area contributed by atoms with Gasteiger partial charge in [-0.05, 0) is 43.9 Å². The molecule has 1 aliphatic rings. The van der Waals surface area contributed by atoms with Crippen molar-refractivity contribution < 1.29 is 17.6 Å². The first-order chi connectivity index (χ1) is 10.8. The normalized spacial score (nSPS) is 16.2. The van der Waals surface area contributed by atoms with Crippen molar-refractivity contribution in [3.05, 3.63) is 41.5 Å². The third-order valence-corrected chi connectivity index (χ3v) is 4.01. The summed E-state index contributed by atoms with van der Waals surface area (Å²) in [5, 5.41) is 9.15. The molecule has 7 heteroatoms. The second-order valence-electron chi connectivity index (χ2n) is 5.72. The molecule has 120 valence electrons. The quantitative estimate of drug-likeness (QED) is 0.787. The van der Waals surface area contributed by atoms with Crippen LogP contribution in [0.15, 0.2) is 24.4 Å². The smallest absolute Gasteiger partial charge is 0.316 e. The number of hydrogen-bond donors (Lipinski definition) is 0. The number of nitrogens with zero attached hydrogens (tertiary/aromatic N) is 3. The zero-order valence-corrected chi connectivity index (χ0v) is 12.2. The summed E-state index contributed by atoms with van der Waals surface area (Å²) < 4.78 is 55.0. The molecule has 23 heavy (non-hydrogen) atoms. The molecule has 1 aromatic heterocycles. The summed E-state index contributed by atoms with van der Waals surface area (Å²) in [6.07, 6.45) is -2.04. The summed E-state index contributed by atoms with van der Waals surface area (Å²) in [7, 11) is 0. The van der Waals surface area contributed by atoms with Gasteiger partial charge >= 0.3 is 6.18 Å². The number of benzene rings is 1. The van der Waals surface area contributed by atoms with Crippen LogP contribution in [0.5, 0.6) is 0 Å². The van der Waals surface area contributed by atoms with Crippen LogP contribution in [0, 0.1) is 30.0 Å². The van der Waals surface area contributed by atoms with Crippen molar-refractivity contribution in [3.8, 4) is 17.5 Å². The highest BCUT2D eigenvalue weighted by atomic mass is 19.4. The molecule has 1 fully saturated rings. The minimum Gasteiger partial charge on any atom is -0.316 e. The van der Waals surface area contributed by atoms with Gasteiger partial charge in [0.25, 0.3) is 0 Å². The van der Waals surface area contributed by atoms with Gasteiger partial charge in [-0.15, -0.1) is 0 Å². The Hall–Kier alpha value is -2.36. The maximum absolute atomic E-state index is 13.5. The molecule has 1 atom stereocenters. The fraction of sp³-hybridized carbons (Fsp3) is 0.375. The number of rotatable bonds is 3. The van der Waals surface area contributed by atoms with Crippen LogP contribution >= 0.6 is 0 Å². The van der Waals surface area contributed by atoms with Crippen molar-refractivity contribution in [1.29, 1.82) is 5.26 Å². The first kappa shape index (κ1) is 15.5. The van der Waals surface area contributed by atoms with Gasteiger partial charge in [-0.3, -0.25) is 0 Å². The lowest BCUT2D eigenvalue weighted by Gasteiger charge is -2.25. The van der Waals surface area contributed by atoms with E-state index < -0.39 is 24.0 Å². The zero-order valence-electron chi connectivity index (χ0n) is 12.2. The van der Waals surface area contributed by atoms with Gasteiger partial charge in [0.1, 0.15) is 17.7 Å². The van der Waals surface area contributed by atoms with Crippen LogP contribution in [0.2, 0.25) is 0 Å². The molecule has 2 aromatic rings. The Bertz CT molecular complexity index is 782. The van der Waals surface area contributed by atoms with Crippen LogP contribution in [0.4, 0.5) is 17.6 Å². The minimum atomic E-state index is -4.41. The van der Waals surface area contributed by atoms with E-state index in [1.807, 2.05) is 6.07 Å². The number of aromatic nitrogens is 2. The van der Waals surface area contributed by atoms with E-state index in [9.17, 15) is 17.6 Å². The Morgan fingerprint density at radius 1 is 1.35 bits per heavy atom. The van der Waals surface area contributed by atoms with E-state index in [0.717, 1.165) is 16.7 Å². The lowest BCUT2D eigenvalue weighted by atomic mass is 10.1. The van der Waals surface area contributed by atoms with Gasteiger partial charge in [-0.25, -0.2) is 9.37 Å². The van der Waals surface area contributed by atoms with Crippen LogP contribution in [-0.2, 0) is 0 Å². The highest BCUT2D eigenvalue weighted by Crippen LogP contribution is 2.50. The summed E-state index contributed by atoms with van der Waals surface area (Å²) >= 11 is 0. The predicted molar refractivity (Wildman–Crippen MR) is 74.9 cm³/mol. The van der Waals surface area contributed by atoms with Crippen molar-refractivity contribution >= 4 is 0 Å². The van der Waals surface area contributed by atoms with Gasteiger partial charge in [-0.1, -0.05) is 0 Å². The first-order valence-corrected chi connectivity index (χ1v) is 7.13. The van der Waals surface area contributed by atoms with Gasteiger partial charge in [0.2, 0.25) is 0 Å². The van der Waals surface area contributed by atoms with Crippen molar-refractivity contribution in [1.82, 2.24) is 9.55 Å². The Balaban J connectivity index is 2.18. The Morgan fingerprint density at radius 2 is 2.04 bits per heavy atom. The summed E-state index contributed by atoms with van der Waals surface area (Å²) in [6.45, 7) is 1.55. The van der Waals surface area contributed by atoms with Gasteiger partial charge < -0.3 is 4.57 Å². The fourth-order valence-corrected chi connectivity index (χ4v) is 2.84. The maximum Gasteiger partial charge on any atom is 0.409 e. The summed E-state index contributed by atoms with van der Waals surface area (Å²) in [5.74, 6) is -1.05. The van der Waals surface area contributed by atoms with Crippen LogP contribution in [0.25, 0.3) is 11.4 Å². The molecule has 3 nitrogen and oxygen atoms in total. The van der Waals surface area contributed by atoms with E-state index in [0.29, 0.717) is 18.5 Å². The van der Waals surface area contributed by atoms with Crippen molar-refractivity contribution in [3.63, 3.8) is 0 Å². The van der Waals surface area contributed by atoms with Crippen LogP contribution in [0.1, 0.15) is 30.1 Å². The van der Waals surface area contributed by atoms with E-state index >= 15 is 0 Å². The highest BCUT2D eigenvalue weighted by Gasteiger charge is 2.51. The molecule has 0 amide bonds. The maximum atomic E-state index is 13.5. The monoisotopic (exact) mass is 323 g/mol. The SMILES string of the molecule is Cc1cnc(-c2ccc(F)cc2C#N)n1C(C1CC1)C(F)(F)F. The van der Waals surface area contributed by atoms with Crippen molar-refractivity contribution in [2.45, 2.75) is 32.0 Å². The van der Waals surface area contributed by atoms with E-state index in [-0.39, 0.29) is 17.0 Å².